The fourth-order valence-electron chi connectivity index (χ4n) is 2.90. The lowest BCUT2D eigenvalue weighted by Gasteiger charge is -2.29. The monoisotopic (exact) mass is 320 g/mol. The van der Waals surface area contributed by atoms with Crippen molar-refractivity contribution in [2.75, 3.05) is 5.32 Å². The van der Waals surface area contributed by atoms with Gasteiger partial charge in [-0.05, 0) is 54.3 Å². The van der Waals surface area contributed by atoms with Crippen molar-refractivity contribution in [2.45, 2.75) is 18.4 Å². The summed E-state index contributed by atoms with van der Waals surface area (Å²) in [5.74, 6) is -0.399. The van der Waals surface area contributed by atoms with Crippen molar-refractivity contribution >= 4 is 34.8 Å². The molecular weight excluding hydrogens is 307 g/mol. The van der Waals surface area contributed by atoms with Crippen molar-refractivity contribution < 1.29 is 4.79 Å². The first kappa shape index (κ1) is 14.2. The molecule has 3 rings (SSSR count). The largest absolute Gasteiger partial charge is 0.368 e. The van der Waals surface area contributed by atoms with E-state index in [9.17, 15) is 4.79 Å². The first-order valence-corrected chi connectivity index (χ1v) is 7.39. The van der Waals surface area contributed by atoms with Gasteiger partial charge in [-0.2, -0.15) is 0 Å². The van der Waals surface area contributed by atoms with E-state index in [-0.39, 0.29) is 0 Å². The molecular formula is C16H14Cl2N2O. The van der Waals surface area contributed by atoms with E-state index in [1.807, 2.05) is 24.3 Å². The SMILES string of the molecule is NC(=O)C1(Nc2cccc(Cl)c2)CCc2cc(Cl)ccc21. The minimum atomic E-state index is -0.912. The van der Waals surface area contributed by atoms with E-state index in [1.165, 1.54) is 0 Å². The van der Waals surface area contributed by atoms with Gasteiger partial charge in [0.25, 0.3) is 0 Å². The molecule has 2 aromatic carbocycles. The maximum absolute atomic E-state index is 12.2. The van der Waals surface area contributed by atoms with Crippen LogP contribution in [0.25, 0.3) is 0 Å². The van der Waals surface area contributed by atoms with Crippen LogP contribution in [0, 0.1) is 0 Å². The van der Waals surface area contributed by atoms with Gasteiger partial charge in [-0.3, -0.25) is 4.79 Å². The molecule has 0 aromatic heterocycles. The number of anilines is 1. The predicted octanol–water partition coefficient (Wildman–Crippen LogP) is 3.73. The van der Waals surface area contributed by atoms with Gasteiger partial charge in [-0.15, -0.1) is 0 Å². The highest BCUT2D eigenvalue weighted by Crippen LogP contribution is 2.40. The molecule has 1 atom stereocenters. The summed E-state index contributed by atoms with van der Waals surface area (Å²) in [6, 6.07) is 12.8. The summed E-state index contributed by atoms with van der Waals surface area (Å²) in [7, 11) is 0. The fraction of sp³-hybridized carbons (Fsp3) is 0.188. The number of primary amides is 1. The molecule has 1 aliphatic rings. The van der Waals surface area contributed by atoms with Gasteiger partial charge in [0.2, 0.25) is 5.91 Å². The van der Waals surface area contributed by atoms with Gasteiger partial charge in [0, 0.05) is 15.7 Å². The second-order valence-electron chi connectivity index (χ2n) is 5.21. The molecule has 108 valence electrons. The van der Waals surface area contributed by atoms with Gasteiger partial charge < -0.3 is 11.1 Å². The number of benzene rings is 2. The van der Waals surface area contributed by atoms with Crippen LogP contribution in [-0.2, 0) is 16.8 Å². The Labute approximate surface area is 133 Å². The highest BCUT2D eigenvalue weighted by atomic mass is 35.5. The smallest absolute Gasteiger partial charge is 0.247 e. The van der Waals surface area contributed by atoms with E-state index in [1.54, 1.807) is 18.2 Å². The van der Waals surface area contributed by atoms with Crippen molar-refractivity contribution in [3.8, 4) is 0 Å². The normalized spacial score (nSPS) is 20.1. The highest BCUT2D eigenvalue weighted by molar-refractivity contribution is 6.31. The molecule has 0 bridgehead atoms. The number of hydrogen-bond donors (Lipinski definition) is 2. The third-order valence-corrected chi connectivity index (χ3v) is 4.37. The molecule has 5 heteroatoms. The van der Waals surface area contributed by atoms with E-state index in [0.717, 1.165) is 23.2 Å². The molecule has 0 spiro atoms. The molecule has 1 amide bonds. The summed E-state index contributed by atoms with van der Waals surface area (Å²) < 4.78 is 0. The molecule has 0 saturated carbocycles. The van der Waals surface area contributed by atoms with Crippen LogP contribution in [0.1, 0.15) is 17.5 Å². The van der Waals surface area contributed by atoms with Crippen LogP contribution in [0.2, 0.25) is 10.0 Å². The Balaban J connectivity index is 2.06. The molecule has 21 heavy (non-hydrogen) atoms. The van der Waals surface area contributed by atoms with Crippen LogP contribution in [0.15, 0.2) is 42.5 Å². The molecule has 3 nitrogen and oxygen atoms in total. The van der Waals surface area contributed by atoms with Crippen molar-refractivity contribution in [1.29, 1.82) is 0 Å². The molecule has 0 saturated heterocycles. The summed E-state index contributed by atoms with van der Waals surface area (Å²) in [6.45, 7) is 0. The van der Waals surface area contributed by atoms with Gasteiger partial charge in [-0.25, -0.2) is 0 Å². The average molecular weight is 321 g/mol. The maximum atomic E-state index is 12.2. The maximum Gasteiger partial charge on any atom is 0.247 e. The van der Waals surface area contributed by atoms with Crippen LogP contribution >= 0.6 is 23.2 Å². The topological polar surface area (TPSA) is 55.1 Å². The first-order chi connectivity index (χ1) is 10.0. The number of halogens is 2. The lowest BCUT2D eigenvalue weighted by Crippen LogP contribution is -2.46. The number of carbonyl (C=O) groups is 1. The molecule has 3 N–H and O–H groups in total. The molecule has 1 aliphatic carbocycles. The third kappa shape index (κ3) is 2.47. The Morgan fingerprint density at radius 1 is 1.14 bits per heavy atom. The molecule has 0 fully saturated rings. The Hall–Kier alpha value is -1.71. The number of nitrogens with two attached hydrogens (primary N) is 1. The summed E-state index contributed by atoms with van der Waals surface area (Å²) in [6.07, 6.45) is 1.36. The van der Waals surface area contributed by atoms with Crippen LogP contribution in [-0.4, -0.2) is 5.91 Å². The van der Waals surface area contributed by atoms with Crippen LogP contribution in [0.3, 0.4) is 0 Å². The highest BCUT2D eigenvalue weighted by Gasteiger charge is 2.44. The molecule has 0 aliphatic heterocycles. The zero-order valence-corrected chi connectivity index (χ0v) is 12.7. The Kier molecular flexibility index (Phi) is 3.56. The van der Waals surface area contributed by atoms with E-state index in [4.69, 9.17) is 28.9 Å². The number of amides is 1. The molecule has 0 radical (unpaired) electrons. The number of hydrogen-bond acceptors (Lipinski definition) is 2. The Morgan fingerprint density at radius 2 is 1.90 bits per heavy atom. The van der Waals surface area contributed by atoms with E-state index in [2.05, 4.69) is 5.32 Å². The summed E-state index contributed by atoms with van der Waals surface area (Å²) in [4.78, 5) is 12.2. The van der Waals surface area contributed by atoms with E-state index < -0.39 is 11.4 Å². The van der Waals surface area contributed by atoms with Gasteiger partial charge in [0.05, 0.1) is 0 Å². The van der Waals surface area contributed by atoms with Crippen molar-refractivity contribution in [1.82, 2.24) is 0 Å². The van der Waals surface area contributed by atoms with Crippen LogP contribution in [0.4, 0.5) is 5.69 Å². The lowest BCUT2D eigenvalue weighted by molar-refractivity contribution is -0.122. The lowest BCUT2D eigenvalue weighted by atomic mass is 9.90. The number of rotatable bonds is 3. The Bertz CT molecular complexity index is 717. The summed E-state index contributed by atoms with van der Waals surface area (Å²) >= 11 is 12.0. The average Bonchev–Trinajstić information content (AvgIpc) is 2.78. The van der Waals surface area contributed by atoms with Gasteiger partial charge in [-0.1, -0.05) is 35.3 Å². The molecule has 1 unspecified atom stereocenters. The second-order valence-corrected chi connectivity index (χ2v) is 6.08. The van der Waals surface area contributed by atoms with E-state index >= 15 is 0 Å². The predicted molar refractivity (Wildman–Crippen MR) is 85.7 cm³/mol. The summed E-state index contributed by atoms with van der Waals surface area (Å²) in [5, 5.41) is 4.54. The number of aryl methyl sites for hydroxylation is 1. The van der Waals surface area contributed by atoms with Gasteiger partial charge >= 0.3 is 0 Å². The minimum absolute atomic E-state index is 0.399. The van der Waals surface area contributed by atoms with Gasteiger partial charge in [0.15, 0.2) is 0 Å². The first-order valence-electron chi connectivity index (χ1n) is 6.64. The summed E-state index contributed by atoms with van der Waals surface area (Å²) in [5.41, 5.74) is 7.50. The Morgan fingerprint density at radius 3 is 2.62 bits per heavy atom. The zero-order chi connectivity index (χ0) is 15.0. The molecule has 2 aromatic rings. The van der Waals surface area contributed by atoms with Crippen LogP contribution in [0.5, 0.6) is 0 Å². The van der Waals surface area contributed by atoms with Crippen LogP contribution < -0.4 is 11.1 Å². The van der Waals surface area contributed by atoms with Crippen molar-refractivity contribution in [2.24, 2.45) is 5.73 Å². The number of carbonyl (C=O) groups excluding carboxylic acids is 1. The minimum Gasteiger partial charge on any atom is -0.368 e. The zero-order valence-electron chi connectivity index (χ0n) is 11.2. The standard InChI is InChI=1S/C16H14Cl2N2O/c17-11-2-1-3-13(9-11)20-16(15(19)21)7-6-10-8-12(18)4-5-14(10)16/h1-5,8-9,20H,6-7H2,(H2,19,21). The fourth-order valence-corrected chi connectivity index (χ4v) is 3.29. The number of fused-ring (bicyclic) bond motifs is 1. The second kappa shape index (κ2) is 5.24. The van der Waals surface area contributed by atoms with Crippen molar-refractivity contribution in [3.63, 3.8) is 0 Å². The third-order valence-electron chi connectivity index (χ3n) is 3.90. The van der Waals surface area contributed by atoms with Gasteiger partial charge in [0.1, 0.15) is 5.54 Å². The van der Waals surface area contributed by atoms with E-state index in [0.29, 0.717) is 16.5 Å². The quantitative estimate of drug-likeness (QED) is 0.905. The van der Waals surface area contributed by atoms with Crippen molar-refractivity contribution in [3.05, 3.63) is 63.6 Å². The number of nitrogens with one attached hydrogen (secondary N) is 1. The molecule has 0 heterocycles.